The van der Waals surface area contributed by atoms with Crippen molar-refractivity contribution in [2.24, 2.45) is 11.7 Å². The number of rotatable bonds is 7. The van der Waals surface area contributed by atoms with E-state index in [0.717, 1.165) is 22.7 Å². The number of ether oxygens (including phenoxy) is 1. The van der Waals surface area contributed by atoms with E-state index in [4.69, 9.17) is 10.5 Å². The molecular formula is C17H24ClN3O2S. The number of anilines is 1. The number of benzene rings is 1. The Balaban J connectivity index is 0.00000288. The smallest absolute Gasteiger partial charge is 0.275 e. The summed E-state index contributed by atoms with van der Waals surface area (Å²) in [7, 11) is 0. The average Bonchev–Trinajstić information content (AvgIpc) is 2.99. The van der Waals surface area contributed by atoms with Gasteiger partial charge in [-0.25, -0.2) is 4.98 Å². The van der Waals surface area contributed by atoms with Crippen molar-refractivity contribution in [2.45, 2.75) is 33.7 Å². The van der Waals surface area contributed by atoms with Crippen LogP contribution in [0.25, 0.3) is 0 Å². The van der Waals surface area contributed by atoms with E-state index in [9.17, 15) is 4.79 Å². The van der Waals surface area contributed by atoms with Gasteiger partial charge < -0.3 is 15.8 Å². The van der Waals surface area contributed by atoms with E-state index in [0.29, 0.717) is 30.5 Å². The Labute approximate surface area is 153 Å². The monoisotopic (exact) mass is 369 g/mol. The zero-order chi connectivity index (χ0) is 16.8. The number of nitrogens with zero attached hydrogens (tertiary/aromatic N) is 1. The van der Waals surface area contributed by atoms with Crippen molar-refractivity contribution in [1.29, 1.82) is 0 Å². The molecule has 1 aromatic carbocycles. The molecule has 1 heterocycles. The van der Waals surface area contributed by atoms with Gasteiger partial charge in [-0.3, -0.25) is 4.79 Å². The number of carbonyl (C=O) groups excluding carboxylic acids is 1. The van der Waals surface area contributed by atoms with Crippen LogP contribution >= 0.6 is 23.7 Å². The summed E-state index contributed by atoms with van der Waals surface area (Å²) in [5.41, 5.74) is 7.65. The third-order valence-electron chi connectivity index (χ3n) is 3.36. The highest BCUT2D eigenvalue weighted by Crippen LogP contribution is 2.24. The molecule has 5 nitrogen and oxygen atoms in total. The Hall–Kier alpha value is -1.63. The third kappa shape index (κ3) is 5.78. The Morgan fingerprint density at radius 3 is 2.79 bits per heavy atom. The summed E-state index contributed by atoms with van der Waals surface area (Å²) in [6, 6.07) is 5.65. The van der Waals surface area contributed by atoms with Crippen LogP contribution in [-0.2, 0) is 6.54 Å². The number of aromatic nitrogens is 1. The molecule has 0 bridgehead atoms. The highest BCUT2D eigenvalue weighted by atomic mass is 35.5. The molecule has 132 valence electrons. The molecule has 0 aliphatic heterocycles. The number of nitrogens with two attached hydrogens (primary N) is 1. The first-order valence-corrected chi connectivity index (χ1v) is 8.57. The predicted molar refractivity (Wildman–Crippen MR) is 101 cm³/mol. The molecule has 0 saturated heterocycles. The summed E-state index contributed by atoms with van der Waals surface area (Å²) in [6.45, 7) is 7.33. The molecule has 24 heavy (non-hydrogen) atoms. The Morgan fingerprint density at radius 1 is 1.42 bits per heavy atom. The molecule has 2 rings (SSSR count). The number of amides is 1. The fourth-order valence-electron chi connectivity index (χ4n) is 1.94. The van der Waals surface area contributed by atoms with Crippen molar-refractivity contribution < 1.29 is 9.53 Å². The molecule has 0 saturated carbocycles. The van der Waals surface area contributed by atoms with Gasteiger partial charge in [0, 0.05) is 23.7 Å². The number of thiazole rings is 1. The van der Waals surface area contributed by atoms with E-state index in [1.165, 1.54) is 11.3 Å². The lowest BCUT2D eigenvalue weighted by molar-refractivity contribution is 0.102. The molecule has 7 heteroatoms. The minimum atomic E-state index is -0.238. The van der Waals surface area contributed by atoms with Gasteiger partial charge in [0.05, 0.1) is 6.61 Å². The largest absolute Gasteiger partial charge is 0.493 e. The van der Waals surface area contributed by atoms with Gasteiger partial charge in [-0.15, -0.1) is 23.7 Å². The van der Waals surface area contributed by atoms with Gasteiger partial charge in [-0.1, -0.05) is 19.9 Å². The maximum Gasteiger partial charge on any atom is 0.275 e. The lowest BCUT2D eigenvalue weighted by atomic mass is 10.1. The van der Waals surface area contributed by atoms with E-state index in [2.05, 4.69) is 24.1 Å². The summed E-state index contributed by atoms with van der Waals surface area (Å²) in [6.07, 6.45) is 0.997. The first-order chi connectivity index (χ1) is 11.0. The van der Waals surface area contributed by atoms with Crippen LogP contribution in [-0.4, -0.2) is 17.5 Å². The fourth-order valence-corrected chi connectivity index (χ4v) is 2.60. The standard InChI is InChI=1S/C17H23N3O2S.ClH/c1-11(2)6-7-22-15-8-13(5-4-12(15)3)19-17(21)14-10-23-16(9-18)20-14;/h4-5,8,10-11H,6-7,9,18H2,1-3H3,(H,19,21);1H. The molecule has 1 amide bonds. The van der Waals surface area contributed by atoms with Gasteiger partial charge in [0.25, 0.3) is 5.91 Å². The van der Waals surface area contributed by atoms with E-state index in [1.807, 2.05) is 25.1 Å². The van der Waals surface area contributed by atoms with E-state index in [-0.39, 0.29) is 18.3 Å². The van der Waals surface area contributed by atoms with Gasteiger partial charge in [0.1, 0.15) is 16.5 Å². The van der Waals surface area contributed by atoms with Crippen LogP contribution in [0.1, 0.15) is 41.3 Å². The number of hydrogen-bond donors (Lipinski definition) is 2. The van der Waals surface area contributed by atoms with Gasteiger partial charge >= 0.3 is 0 Å². The van der Waals surface area contributed by atoms with Crippen molar-refractivity contribution in [3.05, 3.63) is 39.8 Å². The van der Waals surface area contributed by atoms with Gasteiger partial charge in [-0.05, 0) is 30.9 Å². The topological polar surface area (TPSA) is 77.2 Å². The highest BCUT2D eigenvalue weighted by molar-refractivity contribution is 7.09. The van der Waals surface area contributed by atoms with Crippen molar-refractivity contribution in [2.75, 3.05) is 11.9 Å². The summed E-state index contributed by atoms with van der Waals surface area (Å²) in [5.74, 6) is 1.15. The lowest BCUT2D eigenvalue weighted by Crippen LogP contribution is -2.13. The molecule has 3 N–H and O–H groups in total. The Kier molecular flexibility index (Phi) is 8.18. The molecule has 0 spiro atoms. The molecule has 0 aliphatic carbocycles. The maximum absolute atomic E-state index is 12.2. The van der Waals surface area contributed by atoms with E-state index < -0.39 is 0 Å². The van der Waals surface area contributed by atoms with Crippen molar-refractivity contribution in [3.8, 4) is 5.75 Å². The SMILES string of the molecule is Cc1ccc(NC(=O)c2csc(CN)n2)cc1OCCC(C)C.Cl. The summed E-state index contributed by atoms with van der Waals surface area (Å²) in [5, 5.41) is 5.31. The lowest BCUT2D eigenvalue weighted by Gasteiger charge is -2.12. The van der Waals surface area contributed by atoms with Crippen molar-refractivity contribution in [3.63, 3.8) is 0 Å². The van der Waals surface area contributed by atoms with Crippen LogP contribution in [0.15, 0.2) is 23.6 Å². The van der Waals surface area contributed by atoms with Gasteiger partial charge in [0.15, 0.2) is 0 Å². The molecule has 0 fully saturated rings. The van der Waals surface area contributed by atoms with Crippen LogP contribution in [0.4, 0.5) is 5.69 Å². The van der Waals surface area contributed by atoms with E-state index in [1.54, 1.807) is 5.38 Å². The molecule has 0 atom stereocenters. The first kappa shape index (κ1) is 20.4. The second-order valence-corrected chi connectivity index (χ2v) is 6.74. The number of halogens is 1. The highest BCUT2D eigenvalue weighted by Gasteiger charge is 2.11. The van der Waals surface area contributed by atoms with Crippen LogP contribution in [0.3, 0.4) is 0 Å². The zero-order valence-electron chi connectivity index (χ0n) is 14.2. The third-order valence-corrected chi connectivity index (χ3v) is 4.23. The average molecular weight is 370 g/mol. The summed E-state index contributed by atoms with van der Waals surface area (Å²) < 4.78 is 5.82. The van der Waals surface area contributed by atoms with Gasteiger partial charge in [-0.2, -0.15) is 0 Å². The number of carbonyl (C=O) groups is 1. The second-order valence-electron chi connectivity index (χ2n) is 5.80. The minimum Gasteiger partial charge on any atom is -0.493 e. The molecular weight excluding hydrogens is 346 g/mol. The Bertz CT molecular complexity index is 674. The molecule has 1 aromatic heterocycles. The zero-order valence-corrected chi connectivity index (χ0v) is 15.8. The molecule has 0 radical (unpaired) electrons. The number of hydrogen-bond acceptors (Lipinski definition) is 5. The fraction of sp³-hybridized carbons (Fsp3) is 0.412. The maximum atomic E-state index is 12.2. The molecule has 0 aliphatic rings. The van der Waals surface area contributed by atoms with Crippen molar-refractivity contribution in [1.82, 2.24) is 4.98 Å². The van der Waals surface area contributed by atoms with Crippen LogP contribution < -0.4 is 15.8 Å². The summed E-state index contributed by atoms with van der Waals surface area (Å²) in [4.78, 5) is 16.4. The predicted octanol–water partition coefficient (Wildman–Crippen LogP) is 4.01. The molecule has 2 aromatic rings. The van der Waals surface area contributed by atoms with E-state index >= 15 is 0 Å². The summed E-state index contributed by atoms with van der Waals surface area (Å²) >= 11 is 1.39. The normalized spacial score (nSPS) is 10.4. The number of aryl methyl sites for hydroxylation is 1. The Morgan fingerprint density at radius 2 is 2.17 bits per heavy atom. The quantitative estimate of drug-likeness (QED) is 0.773. The second kappa shape index (κ2) is 9.61. The van der Waals surface area contributed by atoms with Gasteiger partial charge in [0.2, 0.25) is 0 Å². The minimum absolute atomic E-state index is 0. The molecule has 0 unspecified atom stereocenters. The first-order valence-electron chi connectivity index (χ1n) is 7.69. The van der Waals surface area contributed by atoms with Crippen molar-refractivity contribution >= 4 is 35.3 Å². The number of nitrogens with one attached hydrogen (secondary N) is 1. The van der Waals surface area contributed by atoms with Crippen LogP contribution in [0.2, 0.25) is 0 Å². The van der Waals surface area contributed by atoms with Crippen LogP contribution in [0, 0.1) is 12.8 Å². The van der Waals surface area contributed by atoms with Crippen LogP contribution in [0.5, 0.6) is 5.75 Å².